The molecule has 0 spiro atoms. The number of ether oxygens (including phenoxy) is 1. The Morgan fingerprint density at radius 2 is 1.86 bits per heavy atom. The molecule has 4 aromatic rings. The van der Waals surface area contributed by atoms with Gasteiger partial charge in [0.1, 0.15) is 17.4 Å². The van der Waals surface area contributed by atoms with Crippen LogP contribution < -0.4 is 15.8 Å². The lowest BCUT2D eigenvalue weighted by molar-refractivity contribution is -0.0498. The number of aromatic nitrogens is 6. The van der Waals surface area contributed by atoms with Gasteiger partial charge >= 0.3 is 6.61 Å². The van der Waals surface area contributed by atoms with Crippen LogP contribution in [0.2, 0.25) is 0 Å². The molecule has 0 bridgehead atoms. The predicted molar refractivity (Wildman–Crippen MR) is 97.7 cm³/mol. The molecule has 0 aliphatic heterocycles. The molecule has 3 heterocycles. The van der Waals surface area contributed by atoms with Crippen LogP contribution in [-0.2, 0) is 0 Å². The summed E-state index contributed by atoms with van der Waals surface area (Å²) >= 11 is 0. The predicted octanol–water partition coefficient (Wildman–Crippen LogP) is 2.98. The van der Waals surface area contributed by atoms with E-state index in [1.54, 1.807) is 6.92 Å². The zero-order chi connectivity index (χ0) is 20.5. The topological polar surface area (TPSA) is 117 Å². The van der Waals surface area contributed by atoms with Crippen molar-refractivity contribution in [1.29, 1.82) is 0 Å². The number of fused-ring (bicyclic) bond motifs is 1. The Labute approximate surface area is 161 Å². The first-order valence-electron chi connectivity index (χ1n) is 8.23. The molecule has 29 heavy (non-hydrogen) atoms. The first kappa shape index (κ1) is 18.4. The maximum Gasteiger partial charge on any atom is 0.387 e. The summed E-state index contributed by atoms with van der Waals surface area (Å²) in [7, 11) is 0. The second-order valence-electron chi connectivity index (χ2n) is 5.84. The van der Waals surface area contributed by atoms with Crippen molar-refractivity contribution in [2.24, 2.45) is 0 Å². The summed E-state index contributed by atoms with van der Waals surface area (Å²) in [6.07, 6.45) is 1.06. The van der Waals surface area contributed by atoms with Crippen LogP contribution in [0.4, 0.5) is 30.8 Å². The van der Waals surface area contributed by atoms with Crippen LogP contribution in [0.25, 0.3) is 17.1 Å². The van der Waals surface area contributed by atoms with E-state index in [0.29, 0.717) is 22.7 Å². The molecule has 0 aliphatic rings. The SMILES string of the molecule is Cc1nc2ncc(F)cc2n1-c1nc(N)nc(Nc2ccc(OC(F)F)cc2)n1. The number of rotatable bonds is 5. The molecule has 12 heteroatoms. The van der Waals surface area contributed by atoms with Crippen LogP contribution in [0.1, 0.15) is 5.82 Å². The van der Waals surface area contributed by atoms with Gasteiger partial charge in [0, 0.05) is 11.8 Å². The van der Waals surface area contributed by atoms with Crippen molar-refractivity contribution in [3.8, 4) is 11.7 Å². The first-order valence-corrected chi connectivity index (χ1v) is 8.23. The number of anilines is 3. The Balaban J connectivity index is 1.69. The Kier molecular flexibility index (Phi) is 4.58. The average Bonchev–Trinajstić information content (AvgIpc) is 2.97. The third kappa shape index (κ3) is 3.85. The van der Waals surface area contributed by atoms with E-state index in [4.69, 9.17) is 5.73 Å². The Hall–Kier alpha value is -3.96. The molecule has 9 nitrogen and oxygen atoms in total. The number of nitrogens with one attached hydrogen (secondary N) is 1. The number of halogens is 3. The minimum Gasteiger partial charge on any atom is -0.435 e. The highest BCUT2D eigenvalue weighted by molar-refractivity contribution is 5.73. The van der Waals surface area contributed by atoms with Crippen molar-refractivity contribution in [1.82, 2.24) is 29.5 Å². The lowest BCUT2D eigenvalue weighted by Crippen LogP contribution is -2.10. The standard InChI is InChI=1S/C17H13F3N8O/c1-8-23-13-12(6-9(18)7-22-13)28(8)17-26-15(21)25-16(27-17)24-10-2-4-11(5-3-10)29-14(19)20/h2-7,14H,1H3,(H3,21,24,25,26,27). The number of nitrogens with zero attached hydrogens (tertiary/aromatic N) is 6. The van der Waals surface area contributed by atoms with E-state index in [2.05, 4.69) is 35.0 Å². The minimum absolute atomic E-state index is 0.0106. The number of nitrogen functional groups attached to an aromatic ring is 1. The van der Waals surface area contributed by atoms with Crippen molar-refractivity contribution in [3.05, 3.63) is 48.2 Å². The molecule has 3 aromatic heterocycles. The summed E-state index contributed by atoms with van der Waals surface area (Å²) in [6, 6.07) is 7.00. The van der Waals surface area contributed by atoms with Crippen LogP contribution in [0.3, 0.4) is 0 Å². The maximum atomic E-state index is 13.6. The van der Waals surface area contributed by atoms with Crippen LogP contribution in [0.15, 0.2) is 36.5 Å². The number of imidazole rings is 1. The van der Waals surface area contributed by atoms with Crippen LogP contribution in [-0.4, -0.2) is 36.1 Å². The third-order valence-corrected chi connectivity index (χ3v) is 3.82. The van der Waals surface area contributed by atoms with Gasteiger partial charge in [0.2, 0.25) is 17.8 Å². The quantitative estimate of drug-likeness (QED) is 0.523. The lowest BCUT2D eigenvalue weighted by atomic mass is 10.3. The number of alkyl halides is 2. The molecule has 4 rings (SSSR count). The van der Waals surface area contributed by atoms with Crippen LogP contribution in [0.5, 0.6) is 5.75 Å². The van der Waals surface area contributed by atoms with Gasteiger partial charge in [-0.1, -0.05) is 0 Å². The van der Waals surface area contributed by atoms with Gasteiger partial charge in [-0.05, 0) is 31.2 Å². The van der Waals surface area contributed by atoms with E-state index in [-0.39, 0.29) is 23.6 Å². The summed E-state index contributed by atoms with van der Waals surface area (Å²) in [5.74, 6) is 0.0798. The summed E-state index contributed by atoms with van der Waals surface area (Å²) in [5, 5.41) is 2.90. The molecule has 0 aliphatic carbocycles. The lowest BCUT2D eigenvalue weighted by Gasteiger charge is -2.10. The molecule has 1 aromatic carbocycles. The van der Waals surface area contributed by atoms with Crippen molar-refractivity contribution in [3.63, 3.8) is 0 Å². The van der Waals surface area contributed by atoms with Crippen molar-refractivity contribution < 1.29 is 17.9 Å². The number of hydrogen-bond acceptors (Lipinski definition) is 8. The third-order valence-electron chi connectivity index (χ3n) is 3.82. The fourth-order valence-electron chi connectivity index (χ4n) is 2.69. The van der Waals surface area contributed by atoms with E-state index in [0.717, 1.165) is 6.20 Å². The van der Waals surface area contributed by atoms with E-state index in [1.165, 1.54) is 34.9 Å². The molecular formula is C17H13F3N8O. The molecule has 3 N–H and O–H groups in total. The highest BCUT2D eigenvalue weighted by atomic mass is 19.3. The number of aryl methyl sites for hydroxylation is 1. The molecule has 0 radical (unpaired) electrons. The summed E-state index contributed by atoms with van der Waals surface area (Å²) in [4.78, 5) is 20.6. The highest BCUT2D eigenvalue weighted by Gasteiger charge is 2.15. The van der Waals surface area contributed by atoms with Crippen LogP contribution >= 0.6 is 0 Å². The van der Waals surface area contributed by atoms with E-state index in [1.807, 2.05) is 0 Å². The second kappa shape index (κ2) is 7.22. The zero-order valence-corrected chi connectivity index (χ0v) is 14.8. The molecule has 0 atom stereocenters. The van der Waals surface area contributed by atoms with Gasteiger partial charge in [0.05, 0.1) is 11.7 Å². The van der Waals surface area contributed by atoms with E-state index in [9.17, 15) is 13.2 Å². The molecule has 0 saturated carbocycles. The van der Waals surface area contributed by atoms with Crippen LogP contribution in [0, 0.1) is 12.7 Å². The zero-order valence-electron chi connectivity index (χ0n) is 14.8. The largest absolute Gasteiger partial charge is 0.435 e. The Morgan fingerprint density at radius 3 is 2.59 bits per heavy atom. The summed E-state index contributed by atoms with van der Waals surface area (Å²) < 4.78 is 43.9. The Bertz CT molecular complexity index is 1180. The number of benzene rings is 1. The molecule has 0 saturated heterocycles. The van der Waals surface area contributed by atoms with Crippen molar-refractivity contribution in [2.45, 2.75) is 13.5 Å². The van der Waals surface area contributed by atoms with Gasteiger partial charge in [-0.15, -0.1) is 0 Å². The fourth-order valence-corrected chi connectivity index (χ4v) is 2.69. The molecule has 0 unspecified atom stereocenters. The first-order chi connectivity index (χ1) is 13.9. The average molecular weight is 402 g/mol. The summed E-state index contributed by atoms with van der Waals surface area (Å²) in [5.41, 5.74) is 6.99. The fraction of sp³-hybridized carbons (Fsp3) is 0.118. The number of pyridine rings is 1. The normalized spacial score (nSPS) is 11.2. The van der Waals surface area contributed by atoms with Crippen molar-refractivity contribution >= 4 is 28.7 Å². The highest BCUT2D eigenvalue weighted by Crippen LogP contribution is 2.22. The maximum absolute atomic E-state index is 13.6. The van der Waals surface area contributed by atoms with Gasteiger partial charge in [-0.2, -0.15) is 23.7 Å². The van der Waals surface area contributed by atoms with Gasteiger partial charge in [0.15, 0.2) is 5.65 Å². The molecular weight excluding hydrogens is 389 g/mol. The van der Waals surface area contributed by atoms with Gasteiger partial charge in [-0.3, -0.25) is 4.57 Å². The second-order valence-corrected chi connectivity index (χ2v) is 5.84. The monoisotopic (exact) mass is 402 g/mol. The van der Waals surface area contributed by atoms with E-state index >= 15 is 0 Å². The van der Waals surface area contributed by atoms with Gasteiger partial charge in [0.25, 0.3) is 0 Å². The number of nitrogens with two attached hydrogens (primary N) is 1. The Morgan fingerprint density at radius 1 is 1.10 bits per heavy atom. The van der Waals surface area contributed by atoms with Gasteiger partial charge in [-0.25, -0.2) is 14.4 Å². The number of hydrogen-bond donors (Lipinski definition) is 2. The molecule has 0 fully saturated rings. The molecule has 0 amide bonds. The smallest absolute Gasteiger partial charge is 0.387 e. The van der Waals surface area contributed by atoms with E-state index < -0.39 is 12.4 Å². The molecule has 148 valence electrons. The van der Waals surface area contributed by atoms with Gasteiger partial charge < -0.3 is 15.8 Å². The summed E-state index contributed by atoms with van der Waals surface area (Å²) in [6.45, 7) is -1.22. The van der Waals surface area contributed by atoms with Crippen molar-refractivity contribution in [2.75, 3.05) is 11.1 Å². The minimum atomic E-state index is -2.91.